The van der Waals surface area contributed by atoms with Crippen molar-refractivity contribution in [3.05, 3.63) is 45.1 Å². The van der Waals surface area contributed by atoms with Crippen molar-refractivity contribution in [3.63, 3.8) is 0 Å². The maximum absolute atomic E-state index is 13.3. The lowest BCUT2D eigenvalue weighted by Gasteiger charge is -2.05. The highest BCUT2D eigenvalue weighted by molar-refractivity contribution is 7.98. The average molecular weight is 375 g/mol. The van der Waals surface area contributed by atoms with Gasteiger partial charge in [0.2, 0.25) is 5.91 Å². The third kappa shape index (κ3) is 5.10. The Hall–Kier alpha value is -1.80. The highest BCUT2D eigenvalue weighted by Gasteiger charge is 2.12. The Kier molecular flexibility index (Phi) is 8.00. The van der Waals surface area contributed by atoms with E-state index in [1.165, 1.54) is 28.5 Å². The van der Waals surface area contributed by atoms with Gasteiger partial charge in [0, 0.05) is 13.6 Å². The zero-order valence-corrected chi connectivity index (χ0v) is 15.5. The molecule has 132 valence electrons. The van der Waals surface area contributed by atoms with E-state index in [4.69, 9.17) is 11.6 Å². The fourth-order valence-corrected chi connectivity index (χ4v) is 2.44. The number of rotatable bonds is 5. The number of hydrogen-bond acceptors (Lipinski definition) is 4. The molecule has 0 aliphatic carbocycles. The second kappa shape index (κ2) is 9.48. The normalized spacial score (nSPS) is 10.1. The molecule has 1 aromatic heterocycles. The van der Waals surface area contributed by atoms with Crippen molar-refractivity contribution in [2.45, 2.75) is 32.1 Å². The summed E-state index contributed by atoms with van der Waals surface area (Å²) in [5.74, 6) is -0.929. The molecule has 1 heterocycles. The van der Waals surface area contributed by atoms with Gasteiger partial charge in [-0.2, -0.15) is 0 Å². The maximum atomic E-state index is 13.3. The van der Waals surface area contributed by atoms with Crippen LogP contribution in [0.4, 0.5) is 4.39 Å². The number of carbonyl (C=O) groups is 1. The van der Waals surface area contributed by atoms with Gasteiger partial charge in [0.25, 0.3) is 0 Å². The molecule has 6 nitrogen and oxygen atoms in total. The zero-order chi connectivity index (χ0) is 18.3. The molecule has 2 aromatic rings. The second-order valence-corrected chi connectivity index (χ2v) is 5.69. The van der Waals surface area contributed by atoms with Crippen LogP contribution in [-0.4, -0.2) is 26.5 Å². The Morgan fingerprint density at radius 2 is 2.08 bits per heavy atom. The first-order valence-corrected chi connectivity index (χ1v) is 8.91. The van der Waals surface area contributed by atoms with Crippen molar-refractivity contribution in [2.75, 3.05) is 6.26 Å². The molecule has 0 unspecified atom stereocenters. The first kappa shape index (κ1) is 20.2. The monoisotopic (exact) mass is 374 g/mol. The number of halogens is 2. The fraction of sp³-hybridized carbons (Fsp3) is 0.400. The first-order valence-electron chi connectivity index (χ1n) is 7.31. The SMILES string of the molecule is CC.CSc1nn(CC(=O)NCc2ccc(Cl)c(F)c2)c(=O)n1C. The molecule has 1 aromatic carbocycles. The van der Waals surface area contributed by atoms with Gasteiger partial charge in [0.15, 0.2) is 5.16 Å². The molecule has 0 radical (unpaired) electrons. The third-order valence-electron chi connectivity index (χ3n) is 2.95. The van der Waals surface area contributed by atoms with Crippen LogP contribution in [0.1, 0.15) is 19.4 Å². The van der Waals surface area contributed by atoms with Gasteiger partial charge in [0.05, 0.1) is 5.02 Å². The van der Waals surface area contributed by atoms with Crippen molar-refractivity contribution in [2.24, 2.45) is 7.05 Å². The van der Waals surface area contributed by atoms with E-state index >= 15 is 0 Å². The number of benzene rings is 1. The zero-order valence-electron chi connectivity index (χ0n) is 14.0. The van der Waals surface area contributed by atoms with E-state index in [1.807, 2.05) is 13.8 Å². The topological polar surface area (TPSA) is 68.9 Å². The number of nitrogens with one attached hydrogen (secondary N) is 1. The standard InChI is InChI=1S/C13H14ClFN4O2S.C2H6/c1-18-12(22-2)17-19(13(18)21)7-11(20)16-6-8-3-4-9(14)10(15)5-8;1-2/h3-5H,6-7H2,1-2H3,(H,16,20);1-2H3. The molecule has 2 rings (SSSR count). The summed E-state index contributed by atoms with van der Waals surface area (Å²) >= 11 is 6.90. The second-order valence-electron chi connectivity index (χ2n) is 4.51. The van der Waals surface area contributed by atoms with Crippen LogP contribution in [-0.2, 0) is 24.9 Å². The smallest absolute Gasteiger partial charge is 0.346 e. The molecule has 9 heteroatoms. The van der Waals surface area contributed by atoms with Gasteiger partial charge in [-0.15, -0.1) is 5.10 Å². The minimum absolute atomic E-state index is 0.0275. The van der Waals surface area contributed by atoms with Crippen LogP contribution in [0.25, 0.3) is 0 Å². The number of aromatic nitrogens is 3. The molecule has 0 aliphatic heterocycles. The molecule has 0 fully saturated rings. The molecule has 0 atom stereocenters. The Bertz CT molecular complexity index is 760. The molecule has 0 saturated carbocycles. The van der Waals surface area contributed by atoms with E-state index in [0.717, 1.165) is 4.68 Å². The fourth-order valence-electron chi connectivity index (χ4n) is 1.79. The molecular weight excluding hydrogens is 355 g/mol. The Labute approximate surface area is 149 Å². The Morgan fingerprint density at radius 1 is 1.42 bits per heavy atom. The van der Waals surface area contributed by atoms with Gasteiger partial charge in [-0.1, -0.05) is 43.3 Å². The summed E-state index contributed by atoms with van der Waals surface area (Å²) in [5, 5.41) is 7.20. The summed E-state index contributed by atoms with van der Waals surface area (Å²) < 4.78 is 15.7. The number of amides is 1. The average Bonchev–Trinajstić information content (AvgIpc) is 2.85. The number of nitrogens with zero attached hydrogens (tertiary/aromatic N) is 3. The number of hydrogen-bond donors (Lipinski definition) is 1. The van der Waals surface area contributed by atoms with Gasteiger partial charge in [-0.3, -0.25) is 9.36 Å². The molecule has 0 spiro atoms. The van der Waals surface area contributed by atoms with E-state index in [9.17, 15) is 14.0 Å². The largest absolute Gasteiger partial charge is 0.350 e. The van der Waals surface area contributed by atoms with Crippen LogP contribution >= 0.6 is 23.4 Å². The van der Waals surface area contributed by atoms with E-state index in [2.05, 4.69) is 10.4 Å². The van der Waals surface area contributed by atoms with E-state index < -0.39 is 5.82 Å². The van der Waals surface area contributed by atoms with Crippen LogP contribution in [0.2, 0.25) is 5.02 Å². The number of thioether (sulfide) groups is 1. The van der Waals surface area contributed by atoms with Gasteiger partial charge in [-0.05, 0) is 24.0 Å². The predicted octanol–water partition coefficient (Wildman–Crippen LogP) is 2.44. The number of carbonyl (C=O) groups excluding carboxylic acids is 1. The van der Waals surface area contributed by atoms with Crippen molar-refractivity contribution >= 4 is 29.3 Å². The van der Waals surface area contributed by atoms with Crippen LogP contribution in [0.15, 0.2) is 28.2 Å². The summed E-state index contributed by atoms with van der Waals surface area (Å²) in [7, 11) is 1.59. The van der Waals surface area contributed by atoms with Crippen molar-refractivity contribution in [3.8, 4) is 0 Å². The van der Waals surface area contributed by atoms with Crippen LogP contribution in [0.3, 0.4) is 0 Å². The lowest BCUT2D eigenvalue weighted by molar-refractivity contribution is -0.122. The van der Waals surface area contributed by atoms with Gasteiger partial charge in [0.1, 0.15) is 12.4 Å². The van der Waals surface area contributed by atoms with Crippen LogP contribution in [0.5, 0.6) is 0 Å². The highest BCUT2D eigenvalue weighted by atomic mass is 35.5. The quantitative estimate of drug-likeness (QED) is 0.816. The molecule has 0 bridgehead atoms. The van der Waals surface area contributed by atoms with Crippen molar-refractivity contribution < 1.29 is 9.18 Å². The van der Waals surface area contributed by atoms with Gasteiger partial charge in [-0.25, -0.2) is 13.9 Å². The molecule has 1 amide bonds. The molecule has 0 aliphatic rings. The molecular formula is C15H20ClFN4O2S. The van der Waals surface area contributed by atoms with E-state index in [0.29, 0.717) is 10.7 Å². The van der Waals surface area contributed by atoms with E-state index in [1.54, 1.807) is 19.4 Å². The van der Waals surface area contributed by atoms with Gasteiger partial charge < -0.3 is 5.32 Å². The highest BCUT2D eigenvalue weighted by Crippen LogP contribution is 2.15. The van der Waals surface area contributed by atoms with Crippen LogP contribution < -0.4 is 11.0 Å². The van der Waals surface area contributed by atoms with Crippen molar-refractivity contribution in [1.82, 2.24) is 19.7 Å². The summed E-state index contributed by atoms with van der Waals surface area (Å²) in [6.45, 7) is 3.95. The van der Waals surface area contributed by atoms with E-state index in [-0.39, 0.29) is 29.7 Å². The molecule has 1 N–H and O–H groups in total. The minimum Gasteiger partial charge on any atom is -0.350 e. The van der Waals surface area contributed by atoms with Crippen LogP contribution in [0, 0.1) is 5.82 Å². The first-order chi connectivity index (χ1) is 11.4. The van der Waals surface area contributed by atoms with Crippen molar-refractivity contribution in [1.29, 1.82) is 0 Å². The maximum Gasteiger partial charge on any atom is 0.346 e. The Morgan fingerprint density at radius 3 is 2.62 bits per heavy atom. The molecule has 24 heavy (non-hydrogen) atoms. The lowest BCUT2D eigenvalue weighted by Crippen LogP contribution is -2.33. The predicted molar refractivity (Wildman–Crippen MR) is 93.9 cm³/mol. The molecule has 0 saturated heterocycles. The summed E-state index contributed by atoms with van der Waals surface area (Å²) in [5.41, 5.74) is 0.213. The van der Waals surface area contributed by atoms with Gasteiger partial charge >= 0.3 is 5.69 Å². The summed E-state index contributed by atoms with van der Waals surface area (Å²) in [4.78, 5) is 23.7. The lowest BCUT2D eigenvalue weighted by atomic mass is 10.2. The third-order valence-corrected chi connectivity index (χ3v) is 3.98. The summed E-state index contributed by atoms with van der Waals surface area (Å²) in [6, 6.07) is 4.29. The summed E-state index contributed by atoms with van der Waals surface area (Å²) in [6.07, 6.45) is 1.79. The minimum atomic E-state index is -0.543. The Balaban J connectivity index is 0.00000139.